The second-order valence-electron chi connectivity index (χ2n) is 6.60. The molecule has 9 nitrogen and oxygen atoms in total. The van der Waals surface area contributed by atoms with E-state index in [4.69, 9.17) is 0 Å². The molecule has 1 saturated heterocycles. The molecule has 0 unspecified atom stereocenters. The summed E-state index contributed by atoms with van der Waals surface area (Å²) in [5.41, 5.74) is 2.32. The van der Waals surface area contributed by atoms with Crippen molar-refractivity contribution in [3.05, 3.63) is 48.3 Å². The van der Waals surface area contributed by atoms with Crippen LogP contribution in [0, 0.1) is 6.92 Å². The molecule has 2 heterocycles. The maximum Gasteiger partial charge on any atom is 0.319 e. The van der Waals surface area contributed by atoms with Gasteiger partial charge < -0.3 is 21.3 Å². The summed E-state index contributed by atoms with van der Waals surface area (Å²) in [7, 11) is 0. The Morgan fingerprint density at radius 2 is 1.83 bits per heavy atom. The highest BCUT2D eigenvalue weighted by molar-refractivity contribution is 6.03. The van der Waals surface area contributed by atoms with Gasteiger partial charge in [-0.1, -0.05) is 11.3 Å². The maximum absolute atomic E-state index is 12.6. The lowest BCUT2D eigenvalue weighted by Gasteiger charge is -2.23. The predicted octanol–water partition coefficient (Wildman–Crippen LogP) is 2.49. The fourth-order valence-corrected chi connectivity index (χ4v) is 3.12. The van der Waals surface area contributed by atoms with Crippen LogP contribution >= 0.6 is 12.4 Å². The van der Waals surface area contributed by atoms with Crippen molar-refractivity contribution in [1.29, 1.82) is 0 Å². The molecule has 1 fully saturated rings. The van der Waals surface area contributed by atoms with Crippen LogP contribution in [0.1, 0.15) is 35.1 Å². The van der Waals surface area contributed by atoms with Crippen LogP contribution in [0.4, 0.5) is 16.2 Å². The minimum Gasteiger partial charge on any atom is -0.334 e. The standard InChI is InChI=1S/C19H25N7O2.ClH/c1-3-10-21-19(28)23-15-6-4-14(5-7-15)22-18(27)17-13(2)26(25-24-17)16-8-11-20-12-9-16;/h3-7,16,20H,1,8-12H2,2H3,(H,22,27)(H2,21,23,28);1H. The van der Waals surface area contributed by atoms with E-state index in [1.54, 1.807) is 30.3 Å². The summed E-state index contributed by atoms with van der Waals surface area (Å²) in [5.74, 6) is -0.304. The van der Waals surface area contributed by atoms with Crippen molar-refractivity contribution in [3.63, 3.8) is 0 Å². The van der Waals surface area contributed by atoms with E-state index < -0.39 is 0 Å². The van der Waals surface area contributed by atoms with E-state index in [1.165, 1.54) is 0 Å². The van der Waals surface area contributed by atoms with Crippen LogP contribution in [0.2, 0.25) is 0 Å². The molecule has 2 aromatic rings. The number of benzene rings is 1. The number of anilines is 2. The normalized spacial score (nSPS) is 13.8. The molecule has 0 radical (unpaired) electrons. The number of carbonyl (C=O) groups excluding carboxylic acids is 2. The largest absolute Gasteiger partial charge is 0.334 e. The molecule has 3 rings (SSSR count). The molecule has 0 aliphatic carbocycles. The summed E-state index contributed by atoms with van der Waals surface area (Å²) < 4.78 is 1.85. The van der Waals surface area contributed by atoms with Crippen molar-refractivity contribution in [2.45, 2.75) is 25.8 Å². The first-order valence-corrected chi connectivity index (χ1v) is 9.28. The highest BCUT2D eigenvalue weighted by atomic mass is 35.5. The minimum atomic E-state index is -0.318. The van der Waals surface area contributed by atoms with Gasteiger partial charge in [-0.3, -0.25) is 4.79 Å². The zero-order chi connectivity index (χ0) is 19.9. The van der Waals surface area contributed by atoms with Gasteiger partial charge >= 0.3 is 6.03 Å². The van der Waals surface area contributed by atoms with E-state index in [0.29, 0.717) is 23.6 Å². The average Bonchev–Trinajstić information content (AvgIpc) is 3.10. The Kier molecular flexibility index (Phi) is 8.17. The molecular weight excluding hydrogens is 394 g/mol. The second-order valence-corrected chi connectivity index (χ2v) is 6.60. The Hall–Kier alpha value is -2.91. The van der Waals surface area contributed by atoms with Crippen molar-refractivity contribution >= 4 is 35.7 Å². The topological polar surface area (TPSA) is 113 Å². The van der Waals surface area contributed by atoms with Crippen molar-refractivity contribution in [2.75, 3.05) is 30.3 Å². The lowest BCUT2D eigenvalue weighted by Crippen LogP contribution is -2.30. The fourth-order valence-electron chi connectivity index (χ4n) is 3.12. The Morgan fingerprint density at radius 1 is 1.21 bits per heavy atom. The van der Waals surface area contributed by atoms with Gasteiger partial charge in [0.05, 0.1) is 11.7 Å². The molecule has 3 amide bonds. The van der Waals surface area contributed by atoms with Crippen molar-refractivity contribution in [2.24, 2.45) is 0 Å². The lowest BCUT2D eigenvalue weighted by atomic mass is 10.1. The quantitative estimate of drug-likeness (QED) is 0.537. The summed E-state index contributed by atoms with van der Waals surface area (Å²) in [4.78, 5) is 24.2. The van der Waals surface area contributed by atoms with Crippen molar-refractivity contribution < 1.29 is 9.59 Å². The summed E-state index contributed by atoms with van der Waals surface area (Å²) >= 11 is 0. The minimum absolute atomic E-state index is 0. The third kappa shape index (κ3) is 5.78. The number of hydrogen-bond donors (Lipinski definition) is 4. The van der Waals surface area contributed by atoms with E-state index >= 15 is 0 Å². The van der Waals surface area contributed by atoms with Gasteiger partial charge in [-0.15, -0.1) is 24.1 Å². The Morgan fingerprint density at radius 3 is 2.45 bits per heavy atom. The average molecular weight is 420 g/mol. The number of nitrogens with one attached hydrogen (secondary N) is 4. The monoisotopic (exact) mass is 419 g/mol. The van der Waals surface area contributed by atoms with Crippen LogP contribution in [-0.2, 0) is 0 Å². The number of nitrogens with zero attached hydrogens (tertiary/aromatic N) is 3. The number of piperidine rings is 1. The number of carbonyl (C=O) groups is 2. The predicted molar refractivity (Wildman–Crippen MR) is 115 cm³/mol. The second kappa shape index (κ2) is 10.6. The first-order valence-electron chi connectivity index (χ1n) is 9.28. The van der Waals surface area contributed by atoms with Gasteiger partial charge in [0.2, 0.25) is 0 Å². The molecule has 0 bridgehead atoms. The molecule has 4 N–H and O–H groups in total. The first kappa shape index (κ1) is 22.4. The van der Waals surface area contributed by atoms with Crippen molar-refractivity contribution in [3.8, 4) is 0 Å². The molecule has 1 aliphatic rings. The van der Waals surface area contributed by atoms with Gasteiger partial charge in [-0.2, -0.15) is 0 Å². The molecule has 156 valence electrons. The van der Waals surface area contributed by atoms with Crippen LogP contribution in [0.5, 0.6) is 0 Å². The molecule has 1 aromatic heterocycles. The lowest BCUT2D eigenvalue weighted by molar-refractivity contribution is 0.102. The third-order valence-corrected chi connectivity index (χ3v) is 4.60. The number of hydrogen-bond acceptors (Lipinski definition) is 5. The number of amides is 3. The Balaban J connectivity index is 0.00000300. The molecule has 29 heavy (non-hydrogen) atoms. The van der Waals surface area contributed by atoms with Crippen LogP contribution < -0.4 is 21.3 Å². The smallest absolute Gasteiger partial charge is 0.319 e. The summed E-state index contributed by atoms with van der Waals surface area (Å²) in [6.07, 6.45) is 3.54. The van der Waals surface area contributed by atoms with Gasteiger partial charge in [0.15, 0.2) is 5.69 Å². The van der Waals surface area contributed by atoms with E-state index in [0.717, 1.165) is 31.6 Å². The number of halogens is 1. The zero-order valence-electron chi connectivity index (χ0n) is 16.3. The SMILES string of the molecule is C=CCNC(=O)Nc1ccc(NC(=O)c2nnn(C3CCNCC3)c2C)cc1.Cl. The Labute approximate surface area is 175 Å². The molecule has 0 spiro atoms. The molecule has 1 aliphatic heterocycles. The van der Waals surface area contributed by atoms with Crippen LogP contribution in [0.15, 0.2) is 36.9 Å². The van der Waals surface area contributed by atoms with E-state index in [9.17, 15) is 9.59 Å². The highest BCUT2D eigenvalue weighted by Crippen LogP contribution is 2.21. The van der Waals surface area contributed by atoms with Gasteiger partial charge in [0.25, 0.3) is 5.91 Å². The van der Waals surface area contributed by atoms with Crippen LogP contribution in [-0.4, -0.2) is 46.6 Å². The number of urea groups is 1. The summed E-state index contributed by atoms with van der Waals surface area (Å²) in [6.45, 7) is 7.68. The maximum atomic E-state index is 12.6. The van der Waals surface area contributed by atoms with E-state index in [-0.39, 0.29) is 30.4 Å². The Bertz CT molecular complexity index is 845. The zero-order valence-corrected chi connectivity index (χ0v) is 17.1. The number of rotatable bonds is 6. The molecule has 10 heteroatoms. The van der Waals surface area contributed by atoms with E-state index in [1.807, 2.05) is 11.6 Å². The van der Waals surface area contributed by atoms with E-state index in [2.05, 4.69) is 38.2 Å². The highest BCUT2D eigenvalue weighted by Gasteiger charge is 2.22. The van der Waals surface area contributed by atoms with Crippen LogP contribution in [0.3, 0.4) is 0 Å². The molecule has 0 saturated carbocycles. The van der Waals surface area contributed by atoms with Gasteiger partial charge in [-0.05, 0) is 57.1 Å². The van der Waals surface area contributed by atoms with Crippen molar-refractivity contribution in [1.82, 2.24) is 25.6 Å². The third-order valence-electron chi connectivity index (χ3n) is 4.60. The molecular formula is C19H26ClN7O2. The van der Waals surface area contributed by atoms with Gasteiger partial charge in [0, 0.05) is 17.9 Å². The first-order chi connectivity index (χ1) is 13.6. The summed E-state index contributed by atoms with van der Waals surface area (Å²) in [6, 6.07) is 6.81. The molecule has 1 aromatic carbocycles. The molecule has 0 atom stereocenters. The number of aromatic nitrogens is 3. The van der Waals surface area contributed by atoms with Gasteiger partial charge in [0.1, 0.15) is 0 Å². The summed E-state index contributed by atoms with van der Waals surface area (Å²) in [5, 5.41) is 19.7. The van der Waals surface area contributed by atoms with Gasteiger partial charge in [-0.25, -0.2) is 9.48 Å². The fraction of sp³-hybridized carbons (Fsp3) is 0.368. The van der Waals surface area contributed by atoms with Crippen LogP contribution in [0.25, 0.3) is 0 Å².